The van der Waals surface area contributed by atoms with Gasteiger partial charge in [0.2, 0.25) is 0 Å². The van der Waals surface area contributed by atoms with Crippen molar-refractivity contribution >= 4 is 5.78 Å². The molecule has 2 aromatic rings. The van der Waals surface area contributed by atoms with Gasteiger partial charge in [0.05, 0.1) is 31.5 Å². The van der Waals surface area contributed by atoms with Gasteiger partial charge in [-0.3, -0.25) is 9.48 Å². The first-order valence-electron chi connectivity index (χ1n) is 5.41. The van der Waals surface area contributed by atoms with Crippen molar-refractivity contribution in [3.8, 4) is 11.5 Å². The average molecular weight is 246 g/mol. The van der Waals surface area contributed by atoms with E-state index in [2.05, 4.69) is 5.10 Å². The number of benzene rings is 1. The van der Waals surface area contributed by atoms with Gasteiger partial charge in [-0.2, -0.15) is 5.10 Å². The Morgan fingerprint density at radius 1 is 1.28 bits per heavy atom. The van der Waals surface area contributed by atoms with Crippen LogP contribution in [-0.2, 0) is 7.05 Å². The van der Waals surface area contributed by atoms with E-state index >= 15 is 0 Å². The van der Waals surface area contributed by atoms with Crippen LogP contribution < -0.4 is 9.47 Å². The number of aromatic nitrogens is 2. The maximum Gasteiger partial charge on any atom is 0.200 e. The van der Waals surface area contributed by atoms with Crippen molar-refractivity contribution in [2.75, 3.05) is 14.2 Å². The van der Waals surface area contributed by atoms with Crippen LogP contribution in [0.3, 0.4) is 0 Å². The van der Waals surface area contributed by atoms with Gasteiger partial charge in [0, 0.05) is 13.2 Å². The molecule has 0 atom stereocenters. The summed E-state index contributed by atoms with van der Waals surface area (Å²) in [5.41, 5.74) is 0.980. The molecule has 2 rings (SSSR count). The van der Waals surface area contributed by atoms with Crippen molar-refractivity contribution in [1.82, 2.24) is 9.78 Å². The summed E-state index contributed by atoms with van der Waals surface area (Å²) < 4.78 is 11.9. The quantitative estimate of drug-likeness (QED) is 0.770. The SMILES string of the molecule is COc1ccc(OC)c(C(=O)c2cnn(C)c2)c1. The molecule has 94 valence electrons. The molecule has 0 saturated carbocycles. The first-order valence-corrected chi connectivity index (χ1v) is 5.41. The zero-order valence-electron chi connectivity index (χ0n) is 10.5. The third kappa shape index (κ3) is 2.20. The van der Waals surface area contributed by atoms with E-state index in [0.29, 0.717) is 22.6 Å². The first-order chi connectivity index (χ1) is 8.65. The summed E-state index contributed by atoms with van der Waals surface area (Å²) in [6, 6.07) is 5.12. The van der Waals surface area contributed by atoms with E-state index in [1.54, 1.807) is 43.2 Å². The lowest BCUT2D eigenvalue weighted by Crippen LogP contribution is -2.03. The molecule has 5 nitrogen and oxygen atoms in total. The fraction of sp³-hybridized carbons (Fsp3) is 0.231. The molecule has 0 spiro atoms. The predicted molar refractivity (Wildman–Crippen MR) is 66.2 cm³/mol. The van der Waals surface area contributed by atoms with Crippen molar-refractivity contribution in [1.29, 1.82) is 0 Å². The van der Waals surface area contributed by atoms with Gasteiger partial charge >= 0.3 is 0 Å². The molecule has 0 aliphatic rings. The van der Waals surface area contributed by atoms with E-state index in [9.17, 15) is 4.79 Å². The molecule has 5 heteroatoms. The molecule has 0 fully saturated rings. The summed E-state index contributed by atoms with van der Waals surface area (Å²) in [6.45, 7) is 0. The van der Waals surface area contributed by atoms with E-state index in [4.69, 9.17) is 9.47 Å². The minimum atomic E-state index is -0.140. The van der Waals surface area contributed by atoms with Gasteiger partial charge < -0.3 is 9.47 Å². The highest BCUT2D eigenvalue weighted by Gasteiger charge is 2.16. The second kappa shape index (κ2) is 4.91. The summed E-state index contributed by atoms with van der Waals surface area (Å²) in [6.07, 6.45) is 3.20. The lowest BCUT2D eigenvalue weighted by atomic mass is 10.1. The van der Waals surface area contributed by atoms with Crippen LogP contribution in [0.1, 0.15) is 15.9 Å². The molecule has 1 aromatic carbocycles. The fourth-order valence-corrected chi connectivity index (χ4v) is 1.69. The number of aryl methyl sites for hydroxylation is 1. The maximum absolute atomic E-state index is 12.3. The number of rotatable bonds is 4. The lowest BCUT2D eigenvalue weighted by Gasteiger charge is -2.08. The van der Waals surface area contributed by atoms with Gasteiger partial charge in [-0.05, 0) is 18.2 Å². The predicted octanol–water partition coefficient (Wildman–Crippen LogP) is 1.67. The van der Waals surface area contributed by atoms with Crippen LogP contribution in [-0.4, -0.2) is 29.8 Å². The number of ketones is 1. The Labute approximate surface area is 105 Å². The van der Waals surface area contributed by atoms with Crippen molar-refractivity contribution in [3.05, 3.63) is 41.7 Å². The average Bonchev–Trinajstić information content (AvgIpc) is 2.83. The number of ether oxygens (including phenoxy) is 2. The molecule has 18 heavy (non-hydrogen) atoms. The molecule has 0 N–H and O–H groups in total. The van der Waals surface area contributed by atoms with Crippen LogP contribution in [0.25, 0.3) is 0 Å². The van der Waals surface area contributed by atoms with Gasteiger partial charge in [-0.15, -0.1) is 0 Å². The molecule has 0 bridgehead atoms. The monoisotopic (exact) mass is 246 g/mol. The molecule has 0 saturated heterocycles. The van der Waals surface area contributed by atoms with E-state index < -0.39 is 0 Å². The third-order valence-electron chi connectivity index (χ3n) is 2.62. The highest BCUT2D eigenvalue weighted by Crippen LogP contribution is 2.26. The Bertz CT molecular complexity index is 575. The minimum absolute atomic E-state index is 0.140. The van der Waals surface area contributed by atoms with E-state index in [0.717, 1.165) is 0 Å². The third-order valence-corrected chi connectivity index (χ3v) is 2.62. The maximum atomic E-state index is 12.3. The number of nitrogens with zero attached hydrogens (tertiary/aromatic N) is 2. The lowest BCUT2D eigenvalue weighted by molar-refractivity contribution is 0.103. The summed E-state index contributed by atoms with van der Waals surface area (Å²) >= 11 is 0. The van der Waals surface area contributed by atoms with Crippen LogP contribution in [0.4, 0.5) is 0 Å². The molecular weight excluding hydrogens is 232 g/mol. The standard InChI is InChI=1S/C13H14N2O3/c1-15-8-9(7-14-15)13(16)11-6-10(17-2)4-5-12(11)18-3/h4-8H,1-3H3. The molecule has 0 aliphatic carbocycles. The molecule has 0 unspecified atom stereocenters. The smallest absolute Gasteiger partial charge is 0.200 e. The normalized spacial score (nSPS) is 10.2. The number of methoxy groups -OCH3 is 2. The van der Waals surface area contributed by atoms with E-state index in [1.165, 1.54) is 13.3 Å². The number of hydrogen-bond donors (Lipinski definition) is 0. The zero-order valence-corrected chi connectivity index (χ0v) is 10.5. The Kier molecular flexibility index (Phi) is 3.32. The van der Waals surface area contributed by atoms with Gasteiger partial charge in [0.1, 0.15) is 11.5 Å². The van der Waals surface area contributed by atoms with Crippen LogP contribution in [0.5, 0.6) is 11.5 Å². The molecule has 0 aliphatic heterocycles. The van der Waals surface area contributed by atoms with Gasteiger partial charge in [0.25, 0.3) is 0 Å². The summed E-state index contributed by atoms with van der Waals surface area (Å²) in [4.78, 5) is 12.3. The Morgan fingerprint density at radius 3 is 2.61 bits per heavy atom. The van der Waals surface area contributed by atoms with Crippen LogP contribution in [0, 0.1) is 0 Å². The first kappa shape index (κ1) is 12.2. The van der Waals surface area contributed by atoms with E-state index in [1.807, 2.05) is 0 Å². The fourth-order valence-electron chi connectivity index (χ4n) is 1.69. The Balaban J connectivity index is 2.45. The van der Waals surface area contributed by atoms with Crippen LogP contribution >= 0.6 is 0 Å². The second-order valence-electron chi connectivity index (χ2n) is 3.80. The van der Waals surface area contributed by atoms with E-state index in [-0.39, 0.29) is 5.78 Å². The second-order valence-corrected chi connectivity index (χ2v) is 3.80. The molecule has 1 heterocycles. The Morgan fingerprint density at radius 2 is 2.06 bits per heavy atom. The highest BCUT2D eigenvalue weighted by atomic mass is 16.5. The van der Waals surface area contributed by atoms with Crippen molar-refractivity contribution in [3.63, 3.8) is 0 Å². The van der Waals surface area contributed by atoms with Crippen LogP contribution in [0.2, 0.25) is 0 Å². The van der Waals surface area contributed by atoms with Crippen molar-refractivity contribution < 1.29 is 14.3 Å². The molecule has 0 radical (unpaired) electrons. The largest absolute Gasteiger partial charge is 0.497 e. The number of carbonyl (C=O) groups is 1. The van der Waals surface area contributed by atoms with Gasteiger partial charge in [-0.25, -0.2) is 0 Å². The zero-order chi connectivity index (χ0) is 13.1. The van der Waals surface area contributed by atoms with Crippen molar-refractivity contribution in [2.45, 2.75) is 0 Å². The molecular formula is C13H14N2O3. The molecule has 1 aromatic heterocycles. The Hall–Kier alpha value is -2.30. The molecule has 0 amide bonds. The highest BCUT2D eigenvalue weighted by molar-refractivity contribution is 6.10. The summed E-state index contributed by atoms with van der Waals surface area (Å²) in [7, 11) is 4.85. The van der Waals surface area contributed by atoms with Crippen LogP contribution in [0.15, 0.2) is 30.6 Å². The van der Waals surface area contributed by atoms with Gasteiger partial charge in [0.15, 0.2) is 5.78 Å². The number of hydrogen-bond acceptors (Lipinski definition) is 4. The van der Waals surface area contributed by atoms with Crippen molar-refractivity contribution in [2.24, 2.45) is 7.05 Å². The topological polar surface area (TPSA) is 53.4 Å². The summed E-state index contributed by atoms with van der Waals surface area (Å²) in [5.74, 6) is 0.992. The number of carbonyl (C=O) groups excluding carboxylic acids is 1. The summed E-state index contributed by atoms with van der Waals surface area (Å²) in [5, 5.41) is 3.99. The minimum Gasteiger partial charge on any atom is -0.497 e. The van der Waals surface area contributed by atoms with Gasteiger partial charge in [-0.1, -0.05) is 0 Å².